The number of hydrogen-bond acceptors (Lipinski definition) is 18. The third-order valence-electron chi connectivity index (χ3n) is 16.0. The van der Waals surface area contributed by atoms with Gasteiger partial charge in [0, 0.05) is 59.0 Å². The number of methoxy groups -OCH3 is 1. The summed E-state index contributed by atoms with van der Waals surface area (Å²) in [6.45, 7) is 22.4. The van der Waals surface area contributed by atoms with Gasteiger partial charge in [0.15, 0.2) is 12.4 Å². The summed E-state index contributed by atoms with van der Waals surface area (Å²) in [7, 11) is 1.15. The van der Waals surface area contributed by atoms with Crippen LogP contribution in [0.2, 0.25) is 0 Å². The first-order chi connectivity index (χ1) is 50.3. The van der Waals surface area contributed by atoms with Crippen molar-refractivity contribution in [1.82, 2.24) is 63.8 Å². The number of esters is 2. The van der Waals surface area contributed by atoms with Gasteiger partial charge in [-0.2, -0.15) is 0 Å². The van der Waals surface area contributed by atoms with E-state index in [-0.39, 0.29) is 38.8 Å². The number of amides is 12. The van der Waals surface area contributed by atoms with Gasteiger partial charge in [-0.25, -0.2) is 14.4 Å². The Kier molecular flexibility index (Phi) is 32.7. The average Bonchev–Trinajstić information content (AvgIpc) is 0.840. The standard InChI is InChI=1S/C78H100N12O18/c1-46(61(93)87-75(9,10)69(101)83-48(3)63(95)90-78(15,16)72(104)107-45-60(92)55-27-19-18-20-28-55)81-67(99)58(85-50(5)91)31-23-41-79-65(97)56-29-21-25-53(43-56)39-37-51-33-35-52(36-34-51)38-40-54-26-22-30-57(44-54)66(98)80-42-24-32-59(68(100)106-17)86-71(103)77(13,14)88-62(94)47(2)82-70(102)76(11,12)89-64(96)49(4)84-73(105)108-74(6,7)8/h18-22,25-30,33-36,43-44,46-49,58-59H,23-24,31-32,41-42,45H2,1-17H3,(H,79,97)(H,80,98)(H,81,99)(H,82,102)(H,83,101)(H,84,105)(H,85,91)(H,86,103)(H,87,93)(H,88,94)(H,89,96)(H,90,95)/t46-,47-,48-,49-,58-,59-/m0/s1. The van der Waals surface area contributed by atoms with Gasteiger partial charge in [0.25, 0.3) is 11.8 Å². The number of ketones is 1. The van der Waals surface area contributed by atoms with Crippen molar-refractivity contribution in [3.8, 4) is 23.7 Å². The second-order valence-electron chi connectivity index (χ2n) is 28.6. The van der Waals surface area contributed by atoms with Crippen LogP contribution in [0.15, 0.2) is 103 Å². The molecule has 12 amide bonds. The largest absolute Gasteiger partial charge is 0.467 e. The Labute approximate surface area is 629 Å². The molecule has 0 bridgehead atoms. The Bertz CT molecular complexity index is 4120. The summed E-state index contributed by atoms with van der Waals surface area (Å²) in [6, 6.07) is 21.6. The maximum absolute atomic E-state index is 13.5. The smallest absolute Gasteiger partial charge is 0.408 e. The summed E-state index contributed by atoms with van der Waals surface area (Å²) in [5.74, 6) is 2.80. The Morgan fingerprint density at radius 2 is 0.787 bits per heavy atom. The first kappa shape index (κ1) is 88.4. The molecule has 30 heteroatoms. The molecule has 0 heterocycles. The van der Waals surface area contributed by atoms with Crippen molar-refractivity contribution in [2.75, 3.05) is 26.8 Å². The van der Waals surface area contributed by atoms with Crippen molar-refractivity contribution in [2.24, 2.45) is 0 Å². The van der Waals surface area contributed by atoms with Crippen LogP contribution >= 0.6 is 0 Å². The van der Waals surface area contributed by atoms with Crippen molar-refractivity contribution in [1.29, 1.82) is 0 Å². The fraction of sp³-hybridized carbons (Fsp3) is 0.449. The lowest BCUT2D eigenvalue weighted by Crippen LogP contribution is -2.63. The Morgan fingerprint density at radius 3 is 1.20 bits per heavy atom. The fourth-order valence-corrected chi connectivity index (χ4v) is 9.59. The molecule has 0 saturated carbocycles. The van der Waals surface area contributed by atoms with Crippen molar-refractivity contribution in [2.45, 2.75) is 200 Å². The third kappa shape index (κ3) is 29.5. The van der Waals surface area contributed by atoms with Crippen LogP contribution in [0.25, 0.3) is 0 Å². The van der Waals surface area contributed by atoms with Crippen LogP contribution in [0.3, 0.4) is 0 Å². The van der Waals surface area contributed by atoms with Crippen molar-refractivity contribution >= 4 is 88.8 Å². The lowest BCUT2D eigenvalue weighted by atomic mass is 10.0. The van der Waals surface area contributed by atoms with Crippen molar-refractivity contribution < 1.29 is 86.1 Å². The topological polar surface area (TPSA) is 428 Å². The maximum atomic E-state index is 13.5. The molecule has 4 aromatic carbocycles. The van der Waals surface area contributed by atoms with E-state index in [1.165, 1.54) is 90.0 Å². The minimum atomic E-state index is -1.63. The summed E-state index contributed by atoms with van der Waals surface area (Å²) in [6.07, 6.45) is -0.285. The molecule has 0 radical (unpaired) electrons. The van der Waals surface area contributed by atoms with Gasteiger partial charge < -0.3 is 78.0 Å². The summed E-state index contributed by atoms with van der Waals surface area (Å²) < 4.78 is 15.3. The molecule has 0 aliphatic rings. The molecule has 0 spiro atoms. The number of carbonyl (C=O) groups is 15. The van der Waals surface area contributed by atoms with E-state index >= 15 is 0 Å². The quantitative estimate of drug-likeness (QED) is 0.0107. The fourth-order valence-electron chi connectivity index (χ4n) is 9.59. The molecule has 0 aliphatic carbocycles. The third-order valence-corrected chi connectivity index (χ3v) is 16.0. The zero-order valence-electron chi connectivity index (χ0n) is 64.1. The summed E-state index contributed by atoms with van der Waals surface area (Å²) in [4.78, 5) is 195. The van der Waals surface area contributed by atoms with Crippen molar-refractivity contribution in [3.63, 3.8) is 0 Å². The highest BCUT2D eigenvalue weighted by molar-refractivity contribution is 6.01. The van der Waals surface area contributed by atoms with Crippen LogP contribution in [0.5, 0.6) is 0 Å². The van der Waals surface area contributed by atoms with E-state index in [9.17, 15) is 71.9 Å². The van der Waals surface area contributed by atoms with Gasteiger partial charge in [0.2, 0.25) is 53.2 Å². The van der Waals surface area contributed by atoms with Crippen molar-refractivity contribution in [3.05, 3.63) is 142 Å². The van der Waals surface area contributed by atoms with E-state index in [4.69, 9.17) is 14.2 Å². The minimum Gasteiger partial charge on any atom is -0.467 e. The van der Waals surface area contributed by atoms with E-state index in [2.05, 4.69) is 87.5 Å². The van der Waals surface area contributed by atoms with Gasteiger partial charge in [-0.1, -0.05) is 66.1 Å². The number of carbonyl (C=O) groups excluding carboxylic acids is 15. The first-order valence-electron chi connectivity index (χ1n) is 34.9. The molecule has 4 rings (SSSR count). The lowest BCUT2D eigenvalue weighted by molar-refractivity contribution is -0.151. The van der Waals surface area contributed by atoms with E-state index in [1.807, 2.05) is 0 Å². The van der Waals surface area contributed by atoms with E-state index < -0.39 is 159 Å². The number of alkyl carbamates (subject to hydrolysis) is 1. The van der Waals surface area contributed by atoms with Crippen LogP contribution < -0.4 is 63.8 Å². The highest BCUT2D eigenvalue weighted by Gasteiger charge is 2.40. The SMILES string of the molecule is COC(=O)[C@H](CCCNC(=O)c1cccc(C#Cc2ccc(C#Cc3cccc(C(=O)NCCC[C@H](NC(C)=O)C(=O)N[C@@H](C)C(=O)NC(C)(C)C(=O)N[C@@H](C)C(=O)NC(C)(C)C(=O)OCC(=O)c4ccccc4)c3)cc2)c1)NC(=O)C(C)(C)NC(=O)[C@H](C)NC(=O)C(C)(C)NC(=O)[C@H](C)NC(=O)OC(C)(C)C. The van der Waals surface area contributed by atoms with Crippen LogP contribution in [0, 0.1) is 23.7 Å². The molecule has 0 aliphatic heterocycles. The number of rotatable bonds is 33. The molecule has 0 aromatic heterocycles. The summed E-state index contributed by atoms with van der Waals surface area (Å²) >= 11 is 0. The average molecular weight is 1490 g/mol. The van der Waals surface area contributed by atoms with Gasteiger partial charge in [0.1, 0.15) is 64.0 Å². The van der Waals surface area contributed by atoms with E-state index in [0.717, 1.165) is 7.11 Å². The molecule has 580 valence electrons. The molecular weight excluding hydrogens is 1390 g/mol. The molecule has 6 atom stereocenters. The molecule has 4 aromatic rings. The molecule has 12 N–H and O–H groups in total. The minimum absolute atomic E-state index is 0.0385. The molecule has 108 heavy (non-hydrogen) atoms. The zero-order valence-corrected chi connectivity index (χ0v) is 64.1. The van der Waals surface area contributed by atoms with Gasteiger partial charge >= 0.3 is 18.0 Å². The van der Waals surface area contributed by atoms with E-state index in [1.54, 1.807) is 124 Å². The highest BCUT2D eigenvalue weighted by Crippen LogP contribution is 2.15. The molecule has 0 fully saturated rings. The second kappa shape index (κ2) is 40.0. The van der Waals surface area contributed by atoms with Gasteiger partial charge in [0.05, 0.1) is 7.11 Å². The normalized spacial score (nSPS) is 12.9. The first-order valence-corrected chi connectivity index (χ1v) is 34.9. The predicted molar refractivity (Wildman–Crippen MR) is 398 cm³/mol. The lowest BCUT2D eigenvalue weighted by Gasteiger charge is -2.31. The number of Topliss-reactive ketones (excluding diaryl/α,β-unsaturated/α-hetero) is 1. The number of hydrogen-bond donors (Lipinski definition) is 12. The van der Waals surface area contributed by atoms with Gasteiger partial charge in [-0.3, -0.25) is 57.5 Å². The summed E-state index contributed by atoms with van der Waals surface area (Å²) in [5.41, 5.74) is -3.84. The predicted octanol–water partition coefficient (Wildman–Crippen LogP) is 3.10. The van der Waals surface area contributed by atoms with Crippen LogP contribution in [-0.4, -0.2) is 180 Å². The molecule has 30 nitrogen and oxygen atoms in total. The Hall–Kier alpha value is -12.0. The van der Waals surface area contributed by atoms with E-state index in [0.29, 0.717) is 38.9 Å². The number of benzene rings is 4. The second-order valence-corrected chi connectivity index (χ2v) is 28.6. The Morgan fingerprint density at radius 1 is 0.407 bits per heavy atom. The van der Waals surface area contributed by atoms with Crippen LogP contribution in [-0.2, 0) is 67.0 Å². The van der Waals surface area contributed by atoms with Crippen LogP contribution in [0.1, 0.15) is 190 Å². The highest BCUT2D eigenvalue weighted by atomic mass is 16.6. The maximum Gasteiger partial charge on any atom is 0.408 e. The van der Waals surface area contributed by atoms with Gasteiger partial charge in [-0.05, 0) is 190 Å². The molecule has 0 unspecified atom stereocenters. The van der Waals surface area contributed by atoms with Gasteiger partial charge in [-0.15, -0.1) is 0 Å². The molecule has 0 saturated heterocycles. The number of nitrogens with one attached hydrogen (secondary N) is 12. The Balaban J connectivity index is 1.22. The monoisotopic (exact) mass is 1490 g/mol. The van der Waals surface area contributed by atoms with Crippen LogP contribution in [0.4, 0.5) is 4.79 Å². The zero-order chi connectivity index (χ0) is 81.1. The summed E-state index contributed by atoms with van der Waals surface area (Å²) in [5, 5.41) is 30.8. The number of ether oxygens (including phenoxy) is 3. The molecular formula is C78H100N12O18.